The highest BCUT2D eigenvalue weighted by molar-refractivity contribution is 14.0. The van der Waals surface area contributed by atoms with Gasteiger partial charge in [-0.25, -0.2) is 9.07 Å². The molecule has 0 aliphatic heterocycles. The molecule has 0 spiro atoms. The van der Waals surface area contributed by atoms with Crippen LogP contribution in [-0.4, -0.2) is 35.9 Å². The molecule has 1 aliphatic rings. The summed E-state index contributed by atoms with van der Waals surface area (Å²) < 4.78 is 14.8. The van der Waals surface area contributed by atoms with E-state index in [4.69, 9.17) is 0 Å². The molecule has 0 unspecified atom stereocenters. The van der Waals surface area contributed by atoms with Gasteiger partial charge < -0.3 is 10.6 Å². The average Bonchev–Trinajstić information content (AvgIpc) is 3.41. The van der Waals surface area contributed by atoms with E-state index in [1.54, 1.807) is 23.9 Å². The molecule has 2 aromatic carbocycles. The maximum atomic E-state index is 13.1. The second kappa shape index (κ2) is 10.1. The summed E-state index contributed by atoms with van der Waals surface area (Å²) in [6.07, 6.45) is 5.09. The maximum absolute atomic E-state index is 13.1. The van der Waals surface area contributed by atoms with Crippen LogP contribution in [0.3, 0.4) is 0 Å². The van der Waals surface area contributed by atoms with Gasteiger partial charge in [0.25, 0.3) is 0 Å². The minimum Gasteiger partial charge on any atom is -0.356 e. The molecule has 0 saturated heterocycles. The van der Waals surface area contributed by atoms with Crippen molar-refractivity contribution in [3.63, 3.8) is 0 Å². The van der Waals surface area contributed by atoms with Crippen molar-refractivity contribution in [1.29, 1.82) is 0 Å². The van der Waals surface area contributed by atoms with E-state index in [0.717, 1.165) is 36.9 Å². The summed E-state index contributed by atoms with van der Waals surface area (Å²) in [5.74, 6) is 0.564. The molecule has 30 heavy (non-hydrogen) atoms. The highest BCUT2D eigenvalue weighted by atomic mass is 127. The van der Waals surface area contributed by atoms with E-state index in [2.05, 4.69) is 51.1 Å². The van der Waals surface area contributed by atoms with Gasteiger partial charge in [0, 0.05) is 38.2 Å². The lowest BCUT2D eigenvalue weighted by Crippen LogP contribution is -2.42. The Labute approximate surface area is 193 Å². The molecule has 1 saturated carbocycles. The molecular formula is C23H27FIN5. The third kappa shape index (κ3) is 5.38. The summed E-state index contributed by atoms with van der Waals surface area (Å²) in [5, 5.41) is 11.4. The summed E-state index contributed by atoms with van der Waals surface area (Å²) >= 11 is 0. The van der Waals surface area contributed by atoms with Gasteiger partial charge in [-0.1, -0.05) is 30.3 Å². The summed E-state index contributed by atoms with van der Waals surface area (Å²) in [6, 6.07) is 19.0. The van der Waals surface area contributed by atoms with E-state index in [1.165, 1.54) is 30.5 Å². The van der Waals surface area contributed by atoms with Crippen molar-refractivity contribution in [2.45, 2.75) is 24.7 Å². The lowest BCUT2D eigenvalue weighted by molar-refractivity contribution is 0.627. The number of nitrogens with zero attached hydrogens (tertiary/aromatic N) is 3. The zero-order chi connectivity index (χ0) is 20.1. The third-order valence-corrected chi connectivity index (χ3v) is 5.47. The molecule has 0 radical (unpaired) electrons. The van der Waals surface area contributed by atoms with Gasteiger partial charge in [-0.2, -0.15) is 5.10 Å². The van der Waals surface area contributed by atoms with Crippen molar-refractivity contribution in [3.8, 4) is 5.69 Å². The molecule has 1 aliphatic carbocycles. The third-order valence-electron chi connectivity index (χ3n) is 5.47. The SMILES string of the molecule is CN=C(NCCc1ccn(-c2ccc(F)cc2)n1)NCC1(c2ccccc2)CC1.I. The number of rotatable bonds is 7. The predicted molar refractivity (Wildman–Crippen MR) is 129 cm³/mol. The number of hydrogen-bond donors (Lipinski definition) is 2. The van der Waals surface area contributed by atoms with Gasteiger partial charge in [-0.15, -0.1) is 24.0 Å². The number of nitrogens with one attached hydrogen (secondary N) is 2. The van der Waals surface area contributed by atoms with Crippen LogP contribution in [0.2, 0.25) is 0 Å². The lowest BCUT2D eigenvalue weighted by atomic mass is 9.96. The fourth-order valence-corrected chi connectivity index (χ4v) is 3.53. The van der Waals surface area contributed by atoms with E-state index >= 15 is 0 Å². The predicted octanol–water partition coefficient (Wildman–Crippen LogP) is 4.07. The summed E-state index contributed by atoms with van der Waals surface area (Å²) in [4.78, 5) is 4.34. The minimum atomic E-state index is -0.246. The second-order valence-corrected chi connectivity index (χ2v) is 7.48. The molecular weight excluding hydrogens is 492 g/mol. The summed E-state index contributed by atoms with van der Waals surface area (Å²) in [6.45, 7) is 1.62. The molecule has 0 bridgehead atoms. The fourth-order valence-electron chi connectivity index (χ4n) is 3.53. The molecule has 1 aromatic heterocycles. The molecule has 158 valence electrons. The Kier molecular flexibility index (Phi) is 7.47. The van der Waals surface area contributed by atoms with Gasteiger partial charge in [0.2, 0.25) is 0 Å². The monoisotopic (exact) mass is 519 g/mol. The highest BCUT2D eigenvalue weighted by Crippen LogP contribution is 2.47. The molecule has 7 heteroatoms. The second-order valence-electron chi connectivity index (χ2n) is 7.48. The lowest BCUT2D eigenvalue weighted by Gasteiger charge is -2.19. The van der Waals surface area contributed by atoms with Crippen LogP contribution in [0.4, 0.5) is 4.39 Å². The van der Waals surface area contributed by atoms with Crippen LogP contribution in [0, 0.1) is 5.82 Å². The average molecular weight is 519 g/mol. The first-order chi connectivity index (χ1) is 14.2. The molecule has 2 N–H and O–H groups in total. The van der Waals surface area contributed by atoms with E-state index in [9.17, 15) is 4.39 Å². The number of aromatic nitrogens is 2. The van der Waals surface area contributed by atoms with Crippen LogP contribution >= 0.6 is 24.0 Å². The summed E-state index contributed by atoms with van der Waals surface area (Å²) in [5.41, 5.74) is 3.46. The van der Waals surface area contributed by atoms with Gasteiger partial charge in [-0.3, -0.25) is 4.99 Å². The Balaban J connectivity index is 0.00000256. The Bertz CT molecular complexity index is 965. The van der Waals surface area contributed by atoms with E-state index < -0.39 is 0 Å². The molecule has 4 rings (SSSR count). The van der Waals surface area contributed by atoms with Crippen molar-refractivity contribution in [3.05, 3.63) is 83.9 Å². The Morgan fingerprint density at radius 3 is 2.47 bits per heavy atom. The molecule has 1 fully saturated rings. The zero-order valence-electron chi connectivity index (χ0n) is 17.0. The van der Waals surface area contributed by atoms with Gasteiger partial charge in [0.05, 0.1) is 11.4 Å². The number of halogens is 2. The molecule has 3 aromatic rings. The first-order valence-electron chi connectivity index (χ1n) is 9.99. The Hall–Kier alpha value is -2.42. The van der Waals surface area contributed by atoms with Gasteiger partial charge in [-0.05, 0) is 48.7 Å². The first-order valence-corrected chi connectivity index (χ1v) is 9.99. The minimum absolute atomic E-state index is 0. The zero-order valence-corrected chi connectivity index (χ0v) is 19.3. The topological polar surface area (TPSA) is 54.2 Å². The number of aliphatic imine (C=N–C) groups is 1. The molecule has 0 atom stereocenters. The Morgan fingerprint density at radius 1 is 1.07 bits per heavy atom. The molecule has 0 amide bonds. The van der Waals surface area contributed by atoms with Crippen LogP contribution in [0.25, 0.3) is 5.69 Å². The number of guanidine groups is 1. The first kappa shape index (κ1) is 22.3. The van der Waals surface area contributed by atoms with Crippen LogP contribution in [-0.2, 0) is 11.8 Å². The van der Waals surface area contributed by atoms with Crippen molar-refractivity contribution in [1.82, 2.24) is 20.4 Å². The fraction of sp³-hybridized carbons (Fsp3) is 0.304. The normalized spacial score (nSPS) is 14.7. The van der Waals surface area contributed by atoms with E-state index in [0.29, 0.717) is 0 Å². The molecule has 5 nitrogen and oxygen atoms in total. The number of hydrogen-bond acceptors (Lipinski definition) is 2. The maximum Gasteiger partial charge on any atom is 0.191 e. The van der Waals surface area contributed by atoms with Crippen LogP contribution < -0.4 is 10.6 Å². The highest BCUT2D eigenvalue weighted by Gasteiger charge is 2.43. The van der Waals surface area contributed by atoms with Crippen molar-refractivity contribution in [2.24, 2.45) is 4.99 Å². The number of benzene rings is 2. The van der Waals surface area contributed by atoms with E-state index in [1.807, 2.05) is 12.3 Å². The van der Waals surface area contributed by atoms with E-state index in [-0.39, 0.29) is 35.2 Å². The van der Waals surface area contributed by atoms with Crippen molar-refractivity contribution < 1.29 is 4.39 Å². The standard InChI is InChI=1S/C23H26FN5.HI/c1-25-22(27-17-23(13-14-23)18-5-3-2-4-6-18)26-15-11-20-12-16-29(28-20)21-9-7-19(24)8-10-21;/h2-10,12,16H,11,13-15,17H2,1H3,(H2,25,26,27);1H. The quantitative estimate of drug-likeness (QED) is 0.281. The smallest absolute Gasteiger partial charge is 0.191 e. The van der Waals surface area contributed by atoms with Crippen molar-refractivity contribution >= 4 is 29.9 Å². The van der Waals surface area contributed by atoms with Gasteiger partial charge >= 0.3 is 0 Å². The molecule has 1 heterocycles. The van der Waals surface area contributed by atoms with Crippen LogP contribution in [0.5, 0.6) is 0 Å². The Morgan fingerprint density at radius 2 is 1.80 bits per heavy atom. The summed E-state index contributed by atoms with van der Waals surface area (Å²) in [7, 11) is 1.79. The van der Waals surface area contributed by atoms with Crippen molar-refractivity contribution in [2.75, 3.05) is 20.1 Å². The van der Waals surface area contributed by atoms with Crippen LogP contribution in [0.1, 0.15) is 24.1 Å². The largest absolute Gasteiger partial charge is 0.356 e. The van der Waals surface area contributed by atoms with Crippen LogP contribution in [0.15, 0.2) is 71.9 Å². The van der Waals surface area contributed by atoms with Gasteiger partial charge in [0.1, 0.15) is 5.82 Å². The van der Waals surface area contributed by atoms with Gasteiger partial charge in [0.15, 0.2) is 5.96 Å².